The van der Waals surface area contributed by atoms with E-state index in [1.165, 1.54) is 0 Å². The van der Waals surface area contributed by atoms with E-state index in [4.69, 9.17) is 4.74 Å². The average molecular weight is 389 g/mol. The van der Waals surface area contributed by atoms with Crippen LogP contribution < -0.4 is 5.32 Å². The number of nitrogens with zero attached hydrogens (tertiary/aromatic N) is 3. The van der Waals surface area contributed by atoms with Crippen LogP contribution in [0.1, 0.15) is 76.2 Å². The number of carbonyl (C=O) groups is 1. The molecular formula is C21H32N4O3. The molecule has 6 rings (SSSR count). The highest BCUT2D eigenvalue weighted by Crippen LogP contribution is 2.67. The van der Waals surface area contributed by atoms with Crippen molar-refractivity contribution >= 4 is 5.91 Å². The van der Waals surface area contributed by atoms with Gasteiger partial charge in [0.15, 0.2) is 5.69 Å². The van der Waals surface area contributed by atoms with Crippen LogP contribution in [0.15, 0.2) is 6.20 Å². The lowest BCUT2D eigenvalue weighted by Gasteiger charge is -2.68. The van der Waals surface area contributed by atoms with Crippen molar-refractivity contribution in [2.24, 2.45) is 16.2 Å². The molecule has 28 heavy (non-hydrogen) atoms. The van der Waals surface area contributed by atoms with Gasteiger partial charge in [-0.25, -0.2) is 0 Å². The van der Waals surface area contributed by atoms with Crippen LogP contribution in [0.4, 0.5) is 0 Å². The van der Waals surface area contributed by atoms with Crippen molar-refractivity contribution in [2.75, 3.05) is 13.2 Å². The van der Waals surface area contributed by atoms with E-state index in [-0.39, 0.29) is 27.7 Å². The van der Waals surface area contributed by atoms with Gasteiger partial charge in [0, 0.05) is 11.0 Å². The third-order valence-electron chi connectivity index (χ3n) is 7.78. The monoisotopic (exact) mass is 388 g/mol. The smallest absolute Gasteiger partial charge is 0.273 e. The molecule has 5 fully saturated rings. The van der Waals surface area contributed by atoms with E-state index in [0.29, 0.717) is 12.1 Å². The number of amides is 1. The minimum absolute atomic E-state index is 0.0981. The highest BCUT2D eigenvalue weighted by Gasteiger charge is 2.65. The first kappa shape index (κ1) is 18.6. The summed E-state index contributed by atoms with van der Waals surface area (Å²) in [6, 6.07) is 0. The Labute approximate surface area is 166 Å². The van der Waals surface area contributed by atoms with Gasteiger partial charge in [-0.3, -0.25) is 9.48 Å². The Morgan fingerprint density at radius 2 is 1.86 bits per heavy atom. The molecule has 1 aromatic rings. The van der Waals surface area contributed by atoms with Crippen molar-refractivity contribution in [2.45, 2.75) is 83.4 Å². The molecule has 4 saturated carbocycles. The lowest BCUT2D eigenvalue weighted by Crippen LogP contribution is -2.70. The molecule has 1 aliphatic heterocycles. The number of hydrogen-bond acceptors (Lipinski definition) is 5. The van der Waals surface area contributed by atoms with Gasteiger partial charge in [0.1, 0.15) is 0 Å². The third kappa shape index (κ3) is 2.89. The number of carbonyl (C=O) groups excluding carboxylic acids is 1. The van der Waals surface area contributed by atoms with Gasteiger partial charge in [0.2, 0.25) is 0 Å². The fourth-order valence-electron chi connectivity index (χ4n) is 7.69. The average Bonchev–Trinajstić information content (AvgIpc) is 2.94. The van der Waals surface area contributed by atoms with Crippen LogP contribution in [0.5, 0.6) is 0 Å². The summed E-state index contributed by atoms with van der Waals surface area (Å²) in [4.78, 5) is 13.0. The molecule has 154 valence electrons. The summed E-state index contributed by atoms with van der Waals surface area (Å²) in [6.45, 7) is 8.91. The topological polar surface area (TPSA) is 89.3 Å². The Kier molecular flexibility index (Phi) is 3.69. The second-order valence-corrected chi connectivity index (χ2v) is 11.3. The lowest BCUT2D eigenvalue weighted by atomic mass is 9.41. The Balaban J connectivity index is 1.33. The van der Waals surface area contributed by atoms with Crippen LogP contribution in [-0.2, 0) is 11.3 Å². The molecule has 7 heteroatoms. The molecule has 2 N–H and O–H groups in total. The molecule has 4 bridgehead atoms. The maximum Gasteiger partial charge on any atom is 0.273 e. The first-order chi connectivity index (χ1) is 13.1. The van der Waals surface area contributed by atoms with Gasteiger partial charge in [-0.1, -0.05) is 26.0 Å². The second kappa shape index (κ2) is 5.57. The molecule has 0 radical (unpaired) electrons. The predicted molar refractivity (Wildman–Crippen MR) is 103 cm³/mol. The molecule has 0 aromatic carbocycles. The van der Waals surface area contributed by atoms with Gasteiger partial charge in [0.25, 0.3) is 5.91 Å². The summed E-state index contributed by atoms with van der Waals surface area (Å²) in [6.07, 6.45) is 8.15. The zero-order chi connectivity index (χ0) is 19.8. The third-order valence-corrected chi connectivity index (χ3v) is 7.78. The number of ether oxygens (including phenoxy) is 1. The molecule has 0 spiro atoms. The second-order valence-electron chi connectivity index (χ2n) is 11.3. The van der Waals surface area contributed by atoms with Gasteiger partial charge < -0.3 is 15.2 Å². The zero-order valence-electron chi connectivity index (χ0n) is 17.3. The van der Waals surface area contributed by atoms with E-state index in [2.05, 4.69) is 36.4 Å². The number of rotatable bonds is 5. The number of aromatic nitrogens is 3. The van der Waals surface area contributed by atoms with Crippen molar-refractivity contribution in [1.82, 2.24) is 20.3 Å². The number of nitrogens with one attached hydrogen (secondary N) is 1. The lowest BCUT2D eigenvalue weighted by molar-refractivity contribution is -0.202. The van der Waals surface area contributed by atoms with Crippen LogP contribution in [0.25, 0.3) is 0 Å². The summed E-state index contributed by atoms with van der Waals surface area (Å²) in [5.74, 6) is -0.167. The first-order valence-electron chi connectivity index (χ1n) is 10.6. The predicted octanol–water partition coefficient (Wildman–Crippen LogP) is 2.30. The molecule has 1 aromatic heterocycles. The maximum absolute atomic E-state index is 13.0. The molecule has 1 saturated heterocycles. The van der Waals surface area contributed by atoms with E-state index < -0.39 is 5.60 Å². The van der Waals surface area contributed by atoms with Crippen LogP contribution in [0.3, 0.4) is 0 Å². The van der Waals surface area contributed by atoms with Gasteiger partial charge in [-0.05, 0) is 55.8 Å². The van der Waals surface area contributed by atoms with E-state index >= 15 is 0 Å². The molecule has 5 aliphatic rings. The standard InChI is InChI=1S/C21H32N4O3/c1-4-19(13-28-14-19)12-25-5-15(23-24-25)16(26)22-20-7-17(2)6-18(3,8-20)10-21(27,9-17)11-20/h5,27H,4,6-14H2,1-3H3,(H,22,26). The summed E-state index contributed by atoms with van der Waals surface area (Å²) in [7, 11) is 0. The Bertz CT molecular complexity index is 755. The van der Waals surface area contributed by atoms with Gasteiger partial charge in [-0.2, -0.15) is 0 Å². The normalized spacial score (nSPS) is 43.0. The minimum Gasteiger partial charge on any atom is -0.390 e. The van der Waals surface area contributed by atoms with E-state index in [0.717, 1.165) is 58.3 Å². The van der Waals surface area contributed by atoms with E-state index in [1.807, 2.05) is 0 Å². The molecule has 7 nitrogen and oxygen atoms in total. The summed E-state index contributed by atoms with van der Waals surface area (Å²) in [5.41, 5.74) is -0.305. The Hall–Kier alpha value is -1.47. The van der Waals surface area contributed by atoms with Crippen molar-refractivity contribution < 1.29 is 14.6 Å². The molecule has 2 heterocycles. The van der Waals surface area contributed by atoms with Crippen molar-refractivity contribution in [3.63, 3.8) is 0 Å². The maximum atomic E-state index is 13.0. The first-order valence-corrected chi connectivity index (χ1v) is 10.6. The number of hydrogen-bond donors (Lipinski definition) is 2. The fraction of sp³-hybridized carbons (Fsp3) is 0.857. The van der Waals surface area contributed by atoms with E-state index in [1.54, 1.807) is 10.9 Å². The summed E-state index contributed by atoms with van der Waals surface area (Å²) < 4.78 is 7.15. The Morgan fingerprint density at radius 3 is 2.39 bits per heavy atom. The minimum atomic E-state index is -0.652. The largest absolute Gasteiger partial charge is 0.390 e. The molecule has 1 amide bonds. The van der Waals surface area contributed by atoms with Crippen LogP contribution in [0, 0.1) is 16.2 Å². The van der Waals surface area contributed by atoms with Crippen LogP contribution in [0.2, 0.25) is 0 Å². The summed E-state index contributed by atoms with van der Waals surface area (Å²) >= 11 is 0. The van der Waals surface area contributed by atoms with Gasteiger partial charge in [0.05, 0.1) is 31.6 Å². The van der Waals surface area contributed by atoms with Crippen LogP contribution >= 0.6 is 0 Å². The molecule has 4 aliphatic carbocycles. The highest BCUT2D eigenvalue weighted by atomic mass is 16.5. The fourth-order valence-corrected chi connectivity index (χ4v) is 7.69. The van der Waals surface area contributed by atoms with Gasteiger partial charge >= 0.3 is 0 Å². The molecule has 2 unspecified atom stereocenters. The molecular weight excluding hydrogens is 356 g/mol. The van der Waals surface area contributed by atoms with Crippen molar-refractivity contribution in [1.29, 1.82) is 0 Å². The highest BCUT2D eigenvalue weighted by molar-refractivity contribution is 5.92. The quantitative estimate of drug-likeness (QED) is 0.808. The number of aliphatic hydroxyl groups is 1. The SMILES string of the molecule is CCC1(Cn2cc(C(=O)NC34CC5(C)CC(C)(CC(O)(C5)C3)C4)nn2)COC1. The van der Waals surface area contributed by atoms with E-state index in [9.17, 15) is 9.90 Å². The summed E-state index contributed by atoms with van der Waals surface area (Å²) in [5, 5.41) is 22.8. The zero-order valence-corrected chi connectivity index (χ0v) is 17.3. The van der Waals surface area contributed by atoms with Crippen molar-refractivity contribution in [3.05, 3.63) is 11.9 Å². The van der Waals surface area contributed by atoms with Crippen molar-refractivity contribution in [3.8, 4) is 0 Å². The van der Waals surface area contributed by atoms with Gasteiger partial charge in [-0.15, -0.1) is 5.10 Å². The molecule has 2 atom stereocenters. The van der Waals surface area contributed by atoms with Crippen LogP contribution in [-0.4, -0.2) is 50.4 Å². The Morgan fingerprint density at radius 1 is 1.18 bits per heavy atom.